The first-order valence-corrected chi connectivity index (χ1v) is 8.45. The van der Waals surface area contributed by atoms with E-state index < -0.39 is 0 Å². The molecule has 3 aromatic rings. The van der Waals surface area contributed by atoms with E-state index in [0.717, 1.165) is 29.1 Å². The average Bonchev–Trinajstić information content (AvgIpc) is 2.56. The molecule has 0 spiro atoms. The van der Waals surface area contributed by atoms with Gasteiger partial charge in [0.2, 0.25) is 0 Å². The van der Waals surface area contributed by atoms with E-state index in [4.69, 9.17) is 4.98 Å². The normalized spacial score (nSPS) is 12.5. The quantitative estimate of drug-likeness (QED) is 0.803. The van der Waals surface area contributed by atoms with Crippen LogP contribution in [0.3, 0.4) is 0 Å². The number of hydrogen-bond acceptors (Lipinski definition) is 2. The zero-order valence-electron chi connectivity index (χ0n) is 14.7. The van der Waals surface area contributed by atoms with Crippen LogP contribution in [0, 0.1) is 13.8 Å². The zero-order chi connectivity index (χ0) is 17.3. The van der Waals surface area contributed by atoms with Gasteiger partial charge in [-0.1, -0.05) is 29.8 Å². The maximum atomic E-state index is 13.2. The van der Waals surface area contributed by atoms with Crippen molar-refractivity contribution in [2.24, 2.45) is 0 Å². The summed E-state index contributed by atoms with van der Waals surface area (Å²) in [5.74, 6) is 0.799. The summed E-state index contributed by atoms with van der Waals surface area (Å²) < 4.78 is 1.79. The smallest absolute Gasteiger partial charge is 0.266 e. The SMILES string of the molecule is CC[NH2+][C@@H](C)c1nc2ccccc2c(=O)n1-c1ccc(C)cc1C. The van der Waals surface area contributed by atoms with Gasteiger partial charge in [0, 0.05) is 0 Å². The molecule has 0 aliphatic carbocycles. The van der Waals surface area contributed by atoms with Crippen LogP contribution in [0.4, 0.5) is 0 Å². The molecule has 1 aromatic heterocycles. The Morgan fingerprint density at radius 1 is 1.17 bits per heavy atom. The predicted octanol–water partition coefficient (Wildman–Crippen LogP) is 2.65. The van der Waals surface area contributed by atoms with Crippen LogP contribution in [0.5, 0.6) is 0 Å². The first-order valence-electron chi connectivity index (χ1n) is 8.45. The number of nitrogens with two attached hydrogens (primary N) is 1. The van der Waals surface area contributed by atoms with E-state index in [9.17, 15) is 4.79 Å². The van der Waals surface area contributed by atoms with E-state index in [2.05, 4.69) is 32.2 Å². The molecule has 2 aromatic carbocycles. The molecule has 0 amide bonds. The van der Waals surface area contributed by atoms with Gasteiger partial charge in [0.25, 0.3) is 5.56 Å². The Bertz CT molecular complexity index is 943. The molecule has 0 saturated carbocycles. The second kappa shape index (κ2) is 6.57. The number of para-hydroxylation sites is 1. The average molecular weight is 322 g/mol. The minimum Gasteiger partial charge on any atom is -0.338 e. The molecule has 0 bridgehead atoms. The largest absolute Gasteiger partial charge is 0.338 e. The summed E-state index contributed by atoms with van der Waals surface area (Å²) >= 11 is 0. The molecule has 0 aliphatic heterocycles. The van der Waals surface area contributed by atoms with Crippen molar-refractivity contribution in [1.82, 2.24) is 9.55 Å². The van der Waals surface area contributed by atoms with E-state index in [1.807, 2.05) is 43.3 Å². The fourth-order valence-corrected chi connectivity index (χ4v) is 3.20. The van der Waals surface area contributed by atoms with Crippen molar-refractivity contribution >= 4 is 10.9 Å². The summed E-state index contributed by atoms with van der Waals surface area (Å²) in [6, 6.07) is 13.8. The molecule has 4 nitrogen and oxygen atoms in total. The summed E-state index contributed by atoms with van der Waals surface area (Å²) in [6.07, 6.45) is 0. The van der Waals surface area contributed by atoms with Gasteiger partial charge in [-0.25, -0.2) is 4.98 Å². The topological polar surface area (TPSA) is 51.5 Å². The van der Waals surface area contributed by atoms with Gasteiger partial charge < -0.3 is 5.32 Å². The van der Waals surface area contributed by atoms with E-state index >= 15 is 0 Å². The third-order valence-electron chi connectivity index (χ3n) is 4.39. The Balaban J connectivity index is 2.37. The summed E-state index contributed by atoms with van der Waals surface area (Å²) in [6.45, 7) is 9.25. The summed E-state index contributed by atoms with van der Waals surface area (Å²) in [5, 5.41) is 2.85. The molecule has 0 radical (unpaired) electrons. The molecule has 4 heteroatoms. The molecular weight excluding hydrogens is 298 g/mol. The van der Waals surface area contributed by atoms with Gasteiger partial charge in [-0.05, 0) is 51.5 Å². The number of fused-ring (bicyclic) bond motifs is 1. The fraction of sp³-hybridized carbons (Fsp3) is 0.300. The summed E-state index contributed by atoms with van der Waals surface area (Å²) in [5.41, 5.74) is 3.94. The van der Waals surface area contributed by atoms with E-state index in [1.54, 1.807) is 4.57 Å². The highest BCUT2D eigenvalue weighted by atomic mass is 16.1. The Morgan fingerprint density at radius 2 is 1.92 bits per heavy atom. The minimum atomic E-state index is -0.00101. The summed E-state index contributed by atoms with van der Waals surface area (Å²) in [7, 11) is 0. The second-order valence-corrected chi connectivity index (χ2v) is 6.35. The highest BCUT2D eigenvalue weighted by molar-refractivity contribution is 5.78. The standard InChI is InChI=1S/C20H23N3O/c1-5-21-15(4)19-22-17-9-7-6-8-16(17)20(24)23(19)18-11-10-13(2)12-14(18)3/h6-12,15,21H,5H2,1-4H3/p+1/t15-/m0/s1. The van der Waals surface area contributed by atoms with Crippen LogP contribution in [0.15, 0.2) is 47.3 Å². The lowest BCUT2D eigenvalue weighted by atomic mass is 10.1. The van der Waals surface area contributed by atoms with Gasteiger partial charge in [0.1, 0.15) is 6.04 Å². The van der Waals surface area contributed by atoms with E-state index in [-0.39, 0.29) is 11.6 Å². The van der Waals surface area contributed by atoms with Crippen molar-refractivity contribution in [3.8, 4) is 5.69 Å². The van der Waals surface area contributed by atoms with Crippen molar-refractivity contribution in [2.75, 3.05) is 6.54 Å². The minimum absolute atomic E-state index is 0.00101. The lowest BCUT2D eigenvalue weighted by Crippen LogP contribution is -2.84. The number of benzene rings is 2. The monoisotopic (exact) mass is 322 g/mol. The van der Waals surface area contributed by atoms with Gasteiger partial charge in [0.05, 0.1) is 23.1 Å². The maximum absolute atomic E-state index is 13.2. The Hall–Kier alpha value is -2.46. The van der Waals surface area contributed by atoms with Crippen molar-refractivity contribution in [3.05, 3.63) is 69.8 Å². The van der Waals surface area contributed by atoms with Crippen LogP contribution >= 0.6 is 0 Å². The number of nitrogens with zero attached hydrogens (tertiary/aromatic N) is 2. The number of rotatable bonds is 4. The van der Waals surface area contributed by atoms with Crippen LogP contribution in [-0.4, -0.2) is 16.1 Å². The highest BCUT2D eigenvalue weighted by Gasteiger charge is 2.20. The first kappa shape index (κ1) is 16.4. The second-order valence-electron chi connectivity index (χ2n) is 6.35. The number of aromatic nitrogens is 2. The van der Waals surface area contributed by atoms with Crippen molar-refractivity contribution in [1.29, 1.82) is 0 Å². The fourth-order valence-electron chi connectivity index (χ4n) is 3.20. The molecule has 0 unspecified atom stereocenters. The highest BCUT2D eigenvalue weighted by Crippen LogP contribution is 2.19. The van der Waals surface area contributed by atoms with Crippen LogP contribution in [0.2, 0.25) is 0 Å². The molecular formula is C20H24N3O+. The number of aryl methyl sites for hydroxylation is 2. The van der Waals surface area contributed by atoms with Crippen LogP contribution in [0.1, 0.15) is 36.8 Å². The van der Waals surface area contributed by atoms with Gasteiger partial charge >= 0.3 is 0 Å². The molecule has 24 heavy (non-hydrogen) atoms. The first-order chi connectivity index (χ1) is 11.5. The van der Waals surface area contributed by atoms with Crippen molar-refractivity contribution in [2.45, 2.75) is 33.7 Å². The van der Waals surface area contributed by atoms with Crippen molar-refractivity contribution < 1.29 is 5.32 Å². The van der Waals surface area contributed by atoms with Crippen LogP contribution < -0.4 is 10.9 Å². The lowest BCUT2D eigenvalue weighted by molar-refractivity contribution is -0.691. The molecule has 3 rings (SSSR count). The van der Waals surface area contributed by atoms with E-state index in [0.29, 0.717) is 5.39 Å². The molecule has 1 atom stereocenters. The third kappa shape index (κ3) is 2.85. The molecule has 0 saturated heterocycles. The predicted molar refractivity (Wildman–Crippen MR) is 97.7 cm³/mol. The molecule has 1 heterocycles. The van der Waals surface area contributed by atoms with Crippen molar-refractivity contribution in [3.63, 3.8) is 0 Å². The zero-order valence-corrected chi connectivity index (χ0v) is 14.7. The van der Waals surface area contributed by atoms with Gasteiger partial charge in [-0.3, -0.25) is 9.36 Å². The van der Waals surface area contributed by atoms with Gasteiger partial charge in [-0.2, -0.15) is 0 Å². The summed E-state index contributed by atoms with van der Waals surface area (Å²) in [4.78, 5) is 18.0. The van der Waals surface area contributed by atoms with Gasteiger partial charge in [0.15, 0.2) is 5.82 Å². The van der Waals surface area contributed by atoms with E-state index in [1.165, 1.54) is 5.56 Å². The molecule has 124 valence electrons. The Kier molecular flexibility index (Phi) is 4.49. The number of hydrogen-bond donors (Lipinski definition) is 1. The molecule has 0 fully saturated rings. The Morgan fingerprint density at radius 3 is 2.62 bits per heavy atom. The van der Waals surface area contributed by atoms with Crippen LogP contribution in [-0.2, 0) is 0 Å². The maximum Gasteiger partial charge on any atom is 0.266 e. The Labute approximate surface area is 142 Å². The third-order valence-corrected chi connectivity index (χ3v) is 4.39. The molecule has 2 N–H and O–H groups in total. The molecule has 0 aliphatic rings. The van der Waals surface area contributed by atoms with Crippen LogP contribution in [0.25, 0.3) is 16.6 Å². The number of quaternary nitrogens is 1. The lowest BCUT2D eigenvalue weighted by Gasteiger charge is -2.18. The van der Waals surface area contributed by atoms with Gasteiger partial charge in [-0.15, -0.1) is 0 Å².